The molecule has 0 aliphatic heterocycles. The number of ether oxygens (including phenoxy) is 4. The van der Waals surface area contributed by atoms with Crippen LogP contribution in [0.2, 0.25) is 0 Å². The number of phosphoric ester groups is 2. The van der Waals surface area contributed by atoms with E-state index in [9.17, 15) is 43.2 Å². The quantitative estimate of drug-likeness (QED) is 0.0222. The molecule has 0 saturated heterocycles. The minimum atomic E-state index is -4.95. The molecule has 0 aliphatic carbocycles. The molecule has 0 aromatic carbocycles. The van der Waals surface area contributed by atoms with Gasteiger partial charge in [-0.05, 0) is 37.5 Å². The van der Waals surface area contributed by atoms with Gasteiger partial charge in [0.1, 0.15) is 19.3 Å². The van der Waals surface area contributed by atoms with Gasteiger partial charge in [-0.2, -0.15) is 0 Å². The van der Waals surface area contributed by atoms with Crippen molar-refractivity contribution in [3.8, 4) is 0 Å². The van der Waals surface area contributed by atoms with Crippen molar-refractivity contribution in [2.45, 2.75) is 387 Å². The summed E-state index contributed by atoms with van der Waals surface area (Å²) >= 11 is 0. The monoisotopic (exact) mass is 1340 g/mol. The van der Waals surface area contributed by atoms with Gasteiger partial charge in [0.05, 0.1) is 26.4 Å². The van der Waals surface area contributed by atoms with Crippen LogP contribution in [0.15, 0.2) is 0 Å². The molecule has 3 unspecified atom stereocenters. The average Bonchev–Trinajstić information content (AvgIpc) is 3.73. The summed E-state index contributed by atoms with van der Waals surface area (Å²) < 4.78 is 68.1. The smallest absolute Gasteiger partial charge is 0.462 e. The molecule has 0 amide bonds. The number of rotatable bonds is 71. The van der Waals surface area contributed by atoms with Crippen molar-refractivity contribution < 1.29 is 80.2 Å². The fourth-order valence-electron chi connectivity index (χ4n) is 10.9. The van der Waals surface area contributed by atoms with Gasteiger partial charge >= 0.3 is 39.5 Å². The number of hydrogen-bond donors (Lipinski definition) is 3. The van der Waals surface area contributed by atoms with Crippen molar-refractivity contribution in [3.63, 3.8) is 0 Å². The van der Waals surface area contributed by atoms with E-state index in [1.807, 2.05) is 0 Å². The minimum absolute atomic E-state index is 0.102. The third-order valence-electron chi connectivity index (χ3n) is 17.1. The van der Waals surface area contributed by atoms with Gasteiger partial charge < -0.3 is 33.8 Å². The lowest BCUT2D eigenvalue weighted by molar-refractivity contribution is -0.161. The van der Waals surface area contributed by atoms with Gasteiger partial charge in [-0.1, -0.05) is 318 Å². The average molecular weight is 1340 g/mol. The highest BCUT2D eigenvalue weighted by atomic mass is 31.2. The zero-order valence-electron chi connectivity index (χ0n) is 59.1. The number of carbonyl (C=O) groups is 4. The lowest BCUT2D eigenvalue weighted by atomic mass is 10.00. The van der Waals surface area contributed by atoms with Crippen LogP contribution >= 0.6 is 15.6 Å². The maximum Gasteiger partial charge on any atom is 0.472 e. The third kappa shape index (κ3) is 65.1. The van der Waals surface area contributed by atoms with E-state index in [4.69, 9.17) is 37.0 Å². The van der Waals surface area contributed by atoms with Crippen LogP contribution in [0.3, 0.4) is 0 Å². The molecule has 540 valence electrons. The predicted molar refractivity (Wildman–Crippen MR) is 368 cm³/mol. The molecule has 17 nitrogen and oxygen atoms in total. The number of hydrogen-bond acceptors (Lipinski definition) is 15. The highest BCUT2D eigenvalue weighted by Crippen LogP contribution is 2.45. The van der Waals surface area contributed by atoms with Gasteiger partial charge in [0.2, 0.25) is 0 Å². The molecule has 91 heavy (non-hydrogen) atoms. The molecule has 0 aromatic rings. The zero-order chi connectivity index (χ0) is 67.2. The van der Waals surface area contributed by atoms with E-state index >= 15 is 0 Å². The molecule has 0 rings (SSSR count). The fraction of sp³-hybridized carbons (Fsp3) is 0.944. The predicted octanol–water partition coefficient (Wildman–Crippen LogP) is 20.8. The Morgan fingerprint density at radius 3 is 0.835 bits per heavy atom. The fourth-order valence-corrected chi connectivity index (χ4v) is 12.5. The van der Waals surface area contributed by atoms with Crippen molar-refractivity contribution in [3.05, 3.63) is 0 Å². The number of unbranched alkanes of at least 4 members (excludes halogenated alkanes) is 40. The van der Waals surface area contributed by atoms with Crippen LogP contribution in [0, 0.1) is 11.8 Å². The molecule has 0 fully saturated rings. The van der Waals surface area contributed by atoms with Crippen LogP contribution in [0.1, 0.15) is 369 Å². The Morgan fingerprint density at radius 1 is 0.319 bits per heavy atom. The van der Waals surface area contributed by atoms with Crippen LogP contribution in [0.5, 0.6) is 0 Å². The molecule has 3 N–H and O–H groups in total. The van der Waals surface area contributed by atoms with Gasteiger partial charge in [-0.15, -0.1) is 0 Å². The summed E-state index contributed by atoms with van der Waals surface area (Å²) in [5.74, 6) is -0.616. The molecule has 0 aromatic heterocycles. The molecule has 6 atom stereocenters. The molecule has 0 spiro atoms. The van der Waals surface area contributed by atoms with Crippen molar-refractivity contribution in [1.29, 1.82) is 0 Å². The summed E-state index contributed by atoms with van der Waals surface area (Å²) in [6.07, 6.45) is 50.5. The molecule has 0 saturated carbocycles. The Kier molecular flexibility index (Phi) is 62.7. The van der Waals surface area contributed by atoms with Crippen molar-refractivity contribution in [2.75, 3.05) is 39.6 Å². The first-order valence-corrected chi connectivity index (χ1v) is 40.5. The van der Waals surface area contributed by atoms with Crippen LogP contribution in [-0.4, -0.2) is 96.7 Å². The molecular weight excluding hydrogens is 1200 g/mol. The summed E-state index contributed by atoms with van der Waals surface area (Å²) in [4.78, 5) is 72.3. The number of esters is 4. The van der Waals surface area contributed by atoms with Crippen molar-refractivity contribution >= 4 is 39.5 Å². The van der Waals surface area contributed by atoms with Gasteiger partial charge in [0, 0.05) is 25.7 Å². The maximum absolute atomic E-state index is 13.1. The van der Waals surface area contributed by atoms with Crippen molar-refractivity contribution in [1.82, 2.24) is 0 Å². The summed E-state index contributed by atoms with van der Waals surface area (Å²) in [6.45, 7) is 9.45. The number of carbonyl (C=O) groups excluding carboxylic acids is 4. The van der Waals surface area contributed by atoms with Crippen LogP contribution in [-0.2, 0) is 65.4 Å². The molecular formula is C72H140O17P2. The van der Waals surface area contributed by atoms with E-state index in [-0.39, 0.29) is 25.7 Å². The van der Waals surface area contributed by atoms with E-state index in [1.165, 1.54) is 180 Å². The first kappa shape index (κ1) is 89.1. The van der Waals surface area contributed by atoms with Gasteiger partial charge in [0.25, 0.3) is 0 Å². The van der Waals surface area contributed by atoms with E-state index in [2.05, 4.69) is 41.5 Å². The lowest BCUT2D eigenvalue weighted by Gasteiger charge is -2.21. The largest absolute Gasteiger partial charge is 0.472 e. The molecule has 0 heterocycles. The summed E-state index contributed by atoms with van der Waals surface area (Å²) in [5, 5.41) is 10.6. The maximum atomic E-state index is 13.1. The standard InChI is InChI=1S/C72H140O17P2/c1-7-10-12-14-15-16-17-18-19-20-21-22-23-28-31-34-37-44-50-56-71(76)88-68(61-83-70(75)55-49-43-36-33-30-27-25-24-26-29-32-35-41-46-52-64(4)5)63-87-91(80,81)85-59-66(73)58-84-90(78,79)86-62-67(60-82-69(74)54-48-40-13-11-8-2)89-72(77)57-51-45-39-38-42-47-53-65(6)9-3/h64-68,73H,7-63H2,1-6H3,(H,78,79)(H,80,81)/t65?,66-,67+,68+/m0/s1. The van der Waals surface area contributed by atoms with Crippen molar-refractivity contribution in [2.24, 2.45) is 11.8 Å². The normalized spacial score (nSPS) is 14.4. The lowest BCUT2D eigenvalue weighted by Crippen LogP contribution is -2.30. The Bertz CT molecular complexity index is 1770. The van der Waals surface area contributed by atoms with Crippen LogP contribution in [0.4, 0.5) is 0 Å². The summed E-state index contributed by atoms with van der Waals surface area (Å²) in [5.41, 5.74) is 0. The second-order valence-electron chi connectivity index (χ2n) is 26.7. The summed E-state index contributed by atoms with van der Waals surface area (Å²) in [6, 6.07) is 0. The van der Waals surface area contributed by atoms with Crippen LogP contribution < -0.4 is 0 Å². The SMILES string of the molecule is CCCCCCCCCCCCCCCCCCCCCC(=O)O[C@H](COC(=O)CCCCCCCCCCCCCCCCC(C)C)COP(=O)(O)OC[C@@H](O)COP(=O)(O)OC[C@@H](COC(=O)CCCCCCC)OC(=O)CCCCCCCCC(C)CC. The highest BCUT2D eigenvalue weighted by molar-refractivity contribution is 7.47. The first-order valence-electron chi connectivity index (χ1n) is 37.5. The second kappa shape index (κ2) is 64.1. The Labute approximate surface area is 556 Å². The first-order chi connectivity index (χ1) is 43.9. The number of phosphoric acid groups is 2. The minimum Gasteiger partial charge on any atom is -0.462 e. The zero-order valence-corrected chi connectivity index (χ0v) is 60.9. The Hall–Kier alpha value is -1.94. The topological polar surface area (TPSA) is 237 Å². The molecule has 0 aliphatic rings. The Morgan fingerprint density at radius 2 is 0.560 bits per heavy atom. The van der Waals surface area contributed by atoms with E-state index < -0.39 is 97.5 Å². The third-order valence-corrected chi connectivity index (χ3v) is 19.0. The van der Waals surface area contributed by atoms with Gasteiger partial charge in [-0.25, -0.2) is 9.13 Å². The number of aliphatic hydroxyl groups is 1. The van der Waals surface area contributed by atoms with E-state index in [0.717, 1.165) is 108 Å². The highest BCUT2D eigenvalue weighted by Gasteiger charge is 2.30. The Balaban J connectivity index is 5.14. The van der Waals surface area contributed by atoms with E-state index in [0.29, 0.717) is 25.7 Å². The second-order valence-corrected chi connectivity index (χ2v) is 29.6. The molecule has 0 radical (unpaired) electrons. The molecule has 19 heteroatoms. The van der Waals surface area contributed by atoms with Gasteiger partial charge in [-0.3, -0.25) is 37.3 Å². The molecule has 0 bridgehead atoms. The van der Waals surface area contributed by atoms with Gasteiger partial charge in [0.15, 0.2) is 12.2 Å². The van der Waals surface area contributed by atoms with E-state index in [1.54, 1.807) is 0 Å². The van der Waals surface area contributed by atoms with Crippen LogP contribution in [0.25, 0.3) is 0 Å². The number of aliphatic hydroxyl groups excluding tert-OH is 1. The summed E-state index contributed by atoms with van der Waals surface area (Å²) in [7, 11) is -9.89.